The van der Waals surface area contributed by atoms with E-state index in [4.69, 9.17) is 0 Å². The lowest BCUT2D eigenvalue weighted by atomic mass is 10.0. The number of hydrogen-bond acceptors (Lipinski definition) is 3. The van der Waals surface area contributed by atoms with Gasteiger partial charge in [0.1, 0.15) is 0 Å². The highest BCUT2D eigenvalue weighted by atomic mass is 16.3. The van der Waals surface area contributed by atoms with Crippen molar-refractivity contribution in [3.63, 3.8) is 0 Å². The molecule has 2 aromatic rings. The van der Waals surface area contributed by atoms with Gasteiger partial charge in [0.2, 0.25) is 0 Å². The highest BCUT2D eigenvalue weighted by Gasteiger charge is 2.25. The summed E-state index contributed by atoms with van der Waals surface area (Å²) in [5, 5.41) is 9.96. The van der Waals surface area contributed by atoms with Crippen LogP contribution in [0.5, 0.6) is 0 Å². The van der Waals surface area contributed by atoms with Gasteiger partial charge in [0.25, 0.3) is 0 Å². The summed E-state index contributed by atoms with van der Waals surface area (Å²) < 4.78 is 0. The Morgan fingerprint density at radius 1 is 1.14 bits per heavy atom. The quantitative estimate of drug-likeness (QED) is 0.919. The zero-order chi connectivity index (χ0) is 15.4. The summed E-state index contributed by atoms with van der Waals surface area (Å²) in [4.78, 5) is 6.40. The van der Waals surface area contributed by atoms with Gasteiger partial charge < -0.3 is 10.0 Å². The number of aliphatic hydroxyl groups is 1. The van der Waals surface area contributed by atoms with Crippen molar-refractivity contribution < 1.29 is 5.11 Å². The lowest BCUT2D eigenvalue weighted by Gasteiger charge is -2.23. The summed E-state index contributed by atoms with van der Waals surface area (Å²) in [5.41, 5.74) is 3.74. The topological polar surface area (TPSA) is 36.4 Å². The molecule has 1 aromatic heterocycles. The van der Waals surface area contributed by atoms with Crippen molar-refractivity contribution in [1.29, 1.82) is 0 Å². The van der Waals surface area contributed by atoms with E-state index in [0.29, 0.717) is 5.92 Å². The standard InChI is InChI=1S/C19H24N2O/c1-21(14-18-6-3-7-19(18)22)13-15-4-2-5-17(12-15)16-8-10-20-11-9-16/h2,4-5,8-12,18-19,22H,3,6-7,13-14H2,1H3. The SMILES string of the molecule is CN(Cc1cccc(-c2ccncc2)c1)CC1CCCC1O. The first kappa shape index (κ1) is 15.2. The Morgan fingerprint density at radius 3 is 2.68 bits per heavy atom. The Morgan fingerprint density at radius 2 is 1.95 bits per heavy atom. The molecule has 1 fully saturated rings. The van der Waals surface area contributed by atoms with Crippen LogP contribution in [0.4, 0.5) is 0 Å². The summed E-state index contributed by atoms with van der Waals surface area (Å²) in [6, 6.07) is 12.8. The van der Waals surface area contributed by atoms with E-state index in [1.165, 1.54) is 16.7 Å². The second-order valence-electron chi connectivity index (χ2n) is 6.39. The van der Waals surface area contributed by atoms with Gasteiger partial charge in [-0.05, 0) is 60.7 Å². The Balaban J connectivity index is 1.65. The van der Waals surface area contributed by atoms with Gasteiger partial charge in [-0.3, -0.25) is 4.98 Å². The van der Waals surface area contributed by atoms with Crippen molar-refractivity contribution >= 4 is 0 Å². The van der Waals surface area contributed by atoms with Gasteiger partial charge in [-0.2, -0.15) is 0 Å². The molecule has 1 heterocycles. The van der Waals surface area contributed by atoms with E-state index in [1.54, 1.807) is 0 Å². The number of aromatic nitrogens is 1. The molecule has 0 bridgehead atoms. The fourth-order valence-corrected chi connectivity index (χ4v) is 3.40. The van der Waals surface area contributed by atoms with Crippen LogP contribution in [0, 0.1) is 5.92 Å². The third kappa shape index (κ3) is 3.73. The average molecular weight is 296 g/mol. The highest BCUT2D eigenvalue weighted by molar-refractivity contribution is 5.63. The lowest BCUT2D eigenvalue weighted by molar-refractivity contribution is 0.108. The molecule has 0 spiro atoms. The van der Waals surface area contributed by atoms with E-state index >= 15 is 0 Å². The van der Waals surface area contributed by atoms with Gasteiger partial charge in [-0.25, -0.2) is 0 Å². The van der Waals surface area contributed by atoms with Crippen LogP contribution < -0.4 is 0 Å². The molecule has 1 saturated carbocycles. The summed E-state index contributed by atoms with van der Waals surface area (Å²) in [6.45, 7) is 1.89. The van der Waals surface area contributed by atoms with Crippen molar-refractivity contribution in [2.24, 2.45) is 5.92 Å². The van der Waals surface area contributed by atoms with E-state index in [0.717, 1.165) is 32.4 Å². The second-order valence-corrected chi connectivity index (χ2v) is 6.39. The first-order chi connectivity index (χ1) is 10.7. The molecule has 1 aliphatic carbocycles. The summed E-state index contributed by atoms with van der Waals surface area (Å²) >= 11 is 0. The van der Waals surface area contributed by atoms with Gasteiger partial charge in [-0.1, -0.05) is 24.6 Å². The van der Waals surface area contributed by atoms with Gasteiger partial charge in [0.05, 0.1) is 6.10 Å². The molecular weight excluding hydrogens is 272 g/mol. The van der Waals surface area contributed by atoms with Crippen molar-refractivity contribution in [3.05, 3.63) is 54.4 Å². The predicted octanol–water partition coefficient (Wildman–Crippen LogP) is 3.34. The normalized spacial score (nSPS) is 21.4. The van der Waals surface area contributed by atoms with Crippen LogP contribution in [-0.2, 0) is 6.54 Å². The van der Waals surface area contributed by atoms with E-state index in [1.807, 2.05) is 24.5 Å². The zero-order valence-corrected chi connectivity index (χ0v) is 13.2. The van der Waals surface area contributed by atoms with Crippen LogP contribution in [0.2, 0.25) is 0 Å². The maximum absolute atomic E-state index is 9.96. The first-order valence-electron chi connectivity index (χ1n) is 8.08. The molecule has 2 atom stereocenters. The Kier molecular flexibility index (Phi) is 4.86. The molecule has 0 saturated heterocycles. The van der Waals surface area contributed by atoms with Crippen LogP contribution in [0.15, 0.2) is 48.8 Å². The number of rotatable bonds is 5. The fourth-order valence-electron chi connectivity index (χ4n) is 3.40. The minimum Gasteiger partial charge on any atom is -0.393 e. The van der Waals surface area contributed by atoms with E-state index < -0.39 is 0 Å². The summed E-state index contributed by atoms with van der Waals surface area (Å²) in [7, 11) is 2.14. The molecule has 22 heavy (non-hydrogen) atoms. The van der Waals surface area contributed by atoms with Gasteiger partial charge in [0, 0.05) is 25.5 Å². The highest BCUT2D eigenvalue weighted by Crippen LogP contribution is 2.26. The van der Waals surface area contributed by atoms with E-state index in [2.05, 4.69) is 41.2 Å². The Hall–Kier alpha value is -1.71. The van der Waals surface area contributed by atoms with Crippen LogP contribution in [0.1, 0.15) is 24.8 Å². The Bertz CT molecular complexity index is 599. The van der Waals surface area contributed by atoms with Crippen molar-refractivity contribution in [2.75, 3.05) is 13.6 Å². The molecule has 2 unspecified atom stereocenters. The minimum atomic E-state index is -0.106. The third-order valence-electron chi connectivity index (χ3n) is 4.56. The fraction of sp³-hybridized carbons (Fsp3) is 0.421. The molecular formula is C19H24N2O. The van der Waals surface area contributed by atoms with E-state index in [9.17, 15) is 5.11 Å². The number of aliphatic hydroxyl groups excluding tert-OH is 1. The Labute approximate surface area is 132 Å². The van der Waals surface area contributed by atoms with Gasteiger partial charge in [-0.15, -0.1) is 0 Å². The second kappa shape index (κ2) is 7.03. The van der Waals surface area contributed by atoms with E-state index in [-0.39, 0.29) is 6.10 Å². The smallest absolute Gasteiger partial charge is 0.0580 e. The molecule has 1 N–H and O–H groups in total. The number of hydrogen-bond donors (Lipinski definition) is 1. The van der Waals surface area contributed by atoms with Crippen molar-refractivity contribution in [1.82, 2.24) is 9.88 Å². The van der Waals surface area contributed by atoms with Crippen LogP contribution in [-0.4, -0.2) is 34.7 Å². The van der Waals surface area contributed by atoms with Crippen LogP contribution >= 0.6 is 0 Å². The van der Waals surface area contributed by atoms with Crippen molar-refractivity contribution in [2.45, 2.75) is 31.9 Å². The lowest BCUT2D eigenvalue weighted by Crippen LogP contribution is -2.29. The predicted molar refractivity (Wildman–Crippen MR) is 89.4 cm³/mol. The minimum absolute atomic E-state index is 0.106. The average Bonchev–Trinajstić information content (AvgIpc) is 2.93. The monoisotopic (exact) mass is 296 g/mol. The maximum Gasteiger partial charge on any atom is 0.0580 e. The molecule has 1 aromatic carbocycles. The molecule has 1 aliphatic rings. The molecule has 0 amide bonds. The van der Waals surface area contributed by atoms with Crippen molar-refractivity contribution in [3.8, 4) is 11.1 Å². The molecule has 3 heteroatoms. The van der Waals surface area contributed by atoms with Gasteiger partial charge >= 0.3 is 0 Å². The summed E-state index contributed by atoms with van der Waals surface area (Å²) in [5.74, 6) is 0.438. The van der Waals surface area contributed by atoms with Crippen LogP contribution in [0.3, 0.4) is 0 Å². The third-order valence-corrected chi connectivity index (χ3v) is 4.56. The van der Waals surface area contributed by atoms with Gasteiger partial charge in [0.15, 0.2) is 0 Å². The number of nitrogens with zero attached hydrogens (tertiary/aromatic N) is 2. The molecule has 3 nitrogen and oxygen atoms in total. The first-order valence-corrected chi connectivity index (χ1v) is 8.08. The van der Waals surface area contributed by atoms with Crippen LogP contribution in [0.25, 0.3) is 11.1 Å². The zero-order valence-electron chi connectivity index (χ0n) is 13.2. The molecule has 0 radical (unpaired) electrons. The molecule has 3 rings (SSSR count). The molecule has 0 aliphatic heterocycles. The largest absolute Gasteiger partial charge is 0.393 e. The maximum atomic E-state index is 9.96. The number of benzene rings is 1. The molecule has 116 valence electrons. The number of pyridine rings is 1. The summed E-state index contributed by atoms with van der Waals surface area (Å²) in [6.07, 6.45) is 6.84.